The van der Waals surface area contributed by atoms with Crippen molar-refractivity contribution in [3.05, 3.63) is 77.5 Å². The number of hydrogen-bond acceptors (Lipinski definition) is 3. The van der Waals surface area contributed by atoms with Gasteiger partial charge >= 0.3 is 6.61 Å². The monoisotopic (exact) mass is 371 g/mol. The van der Waals surface area contributed by atoms with Gasteiger partial charge in [-0.05, 0) is 35.7 Å². The summed E-state index contributed by atoms with van der Waals surface area (Å²) >= 11 is 0. The number of aryl methyl sites for hydroxylation is 1. The van der Waals surface area contributed by atoms with E-state index in [1.165, 1.54) is 17.7 Å². The van der Waals surface area contributed by atoms with Crippen molar-refractivity contribution in [2.45, 2.75) is 26.5 Å². The molecule has 0 aliphatic carbocycles. The van der Waals surface area contributed by atoms with E-state index in [0.29, 0.717) is 17.9 Å². The summed E-state index contributed by atoms with van der Waals surface area (Å²) in [5.41, 5.74) is 2.89. The molecule has 0 aliphatic heterocycles. The normalized spacial score (nSPS) is 10.8. The third kappa shape index (κ3) is 5.37. The molecule has 0 spiro atoms. The van der Waals surface area contributed by atoms with E-state index in [0.717, 1.165) is 5.56 Å². The van der Waals surface area contributed by atoms with E-state index < -0.39 is 6.61 Å². The van der Waals surface area contributed by atoms with Gasteiger partial charge in [0.15, 0.2) is 5.82 Å². The van der Waals surface area contributed by atoms with Crippen molar-refractivity contribution >= 4 is 11.7 Å². The van der Waals surface area contributed by atoms with Gasteiger partial charge in [0.1, 0.15) is 5.75 Å². The maximum Gasteiger partial charge on any atom is 0.387 e. The number of aromatic nitrogens is 2. The average Bonchev–Trinajstić information content (AvgIpc) is 3.03. The number of hydrogen-bond donors (Lipinski definition) is 1. The lowest BCUT2D eigenvalue weighted by atomic mass is 10.1. The van der Waals surface area contributed by atoms with Gasteiger partial charge in [0.2, 0.25) is 5.91 Å². The largest absolute Gasteiger partial charge is 0.435 e. The molecule has 0 aliphatic rings. The van der Waals surface area contributed by atoms with E-state index in [4.69, 9.17) is 0 Å². The van der Waals surface area contributed by atoms with E-state index in [2.05, 4.69) is 15.2 Å². The first-order valence-electron chi connectivity index (χ1n) is 8.41. The van der Waals surface area contributed by atoms with Gasteiger partial charge in [0.05, 0.1) is 13.0 Å². The van der Waals surface area contributed by atoms with Crippen LogP contribution >= 0.6 is 0 Å². The van der Waals surface area contributed by atoms with Crippen LogP contribution in [-0.2, 0) is 17.8 Å². The van der Waals surface area contributed by atoms with Crippen LogP contribution in [0.2, 0.25) is 0 Å². The minimum atomic E-state index is -2.90. The maximum absolute atomic E-state index is 12.3. The molecule has 0 bridgehead atoms. The third-order valence-corrected chi connectivity index (χ3v) is 3.99. The lowest BCUT2D eigenvalue weighted by Crippen LogP contribution is -2.15. The van der Waals surface area contributed by atoms with Crippen molar-refractivity contribution in [2.75, 3.05) is 5.32 Å². The Labute approximate surface area is 155 Å². The van der Waals surface area contributed by atoms with Crippen LogP contribution in [0.25, 0.3) is 0 Å². The zero-order valence-corrected chi connectivity index (χ0v) is 14.7. The summed E-state index contributed by atoms with van der Waals surface area (Å²) in [6.07, 6.45) is 1.82. The molecule has 5 nitrogen and oxygen atoms in total. The summed E-state index contributed by atoms with van der Waals surface area (Å²) in [4.78, 5) is 12.2. The first-order valence-corrected chi connectivity index (χ1v) is 8.41. The first kappa shape index (κ1) is 18.6. The second-order valence-corrected chi connectivity index (χ2v) is 6.08. The lowest BCUT2D eigenvalue weighted by Gasteiger charge is -2.07. The summed E-state index contributed by atoms with van der Waals surface area (Å²) in [7, 11) is 0. The highest BCUT2D eigenvalue weighted by Crippen LogP contribution is 2.17. The molecule has 0 fully saturated rings. The van der Waals surface area contributed by atoms with Gasteiger partial charge in [-0.2, -0.15) is 13.9 Å². The fourth-order valence-corrected chi connectivity index (χ4v) is 2.68. The lowest BCUT2D eigenvalue weighted by molar-refractivity contribution is -0.115. The van der Waals surface area contributed by atoms with Crippen molar-refractivity contribution in [3.63, 3.8) is 0 Å². The summed E-state index contributed by atoms with van der Waals surface area (Å²) in [5, 5.41) is 7.06. The standard InChI is InChI=1S/C20H19F2N3O2/c1-14-5-2-3-7-16(14)13-25-10-9-18(24-25)23-19(26)12-15-6-4-8-17(11-15)27-20(21)22/h2-11,20H,12-13H2,1H3,(H,23,24,26). The third-order valence-electron chi connectivity index (χ3n) is 3.99. The molecule has 3 aromatic rings. The second kappa shape index (κ2) is 8.44. The minimum Gasteiger partial charge on any atom is -0.435 e. The molecule has 1 heterocycles. The van der Waals surface area contributed by atoms with E-state index in [1.807, 2.05) is 31.2 Å². The molecule has 140 valence electrons. The number of amides is 1. The average molecular weight is 371 g/mol. The molecule has 0 radical (unpaired) electrons. The number of carbonyl (C=O) groups excluding carboxylic acids is 1. The highest BCUT2D eigenvalue weighted by atomic mass is 19.3. The molecule has 1 amide bonds. The van der Waals surface area contributed by atoms with Crippen molar-refractivity contribution in [1.82, 2.24) is 9.78 Å². The Hall–Kier alpha value is -3.22. The number of alkyl halides is 2. The summed E-state index contributed by atoms with van der Waals surface area (Å²) in [5.74, 6) is 0.178. The zero-order valence-electron chi connectivity index (χ0n) is 14.7. The van der Waals surface area contributed by atoms with E-state index in [1.54, 1.807) is 29.1 Å². The van der Waals surface area contributed by atoms with Crippen LogP contribution in [0.5, 0.6) is 5.75 Å². The second-order valence-electron chi connectivity index (χ2n) is 6.08. The summed E-state index contributed by atoms with van der Waals surface area (Å²) < 4.78 is 30.6. The molecule has 2 aromatic carbocycles. The molecule has 7 heteroatoms. The number of rotatable bonds is 7. The molecule has 3 rings (SSSR count). The quantitative estimate of drug-likeness (QED) is 0.682. The van der Waals surface area contributed by atoms with Crippen LogP contribution < -0.4 is 10.1 Å². The van der Waals surface area contributed by atoms with E-state index in [9.17, 15) is 13.6 Å². The number of halogens is 2. The van der Waals surface area contributed by atoms with Crippen molar-refractivity contribution in [3.8, 4) is 5.75 Å². The molecule has 0 unspecified atom stereocenters. The fourth-order valence-electron chi connectivity index (χ4n) is 2.68. The molecule has 27 heavy (non-hydrogen) atoms. The van der Waals surface area contributed by atoms with Gasteiger partial charge in [-0.3, -0.25) is 9.48 Å². The fraction of sp³-hybridized carbons (Fsp3) is 0.200. The molecular weight excluding hydrogens is 352 g/mol. The van der Waals surface area contributed by atoms with Gasteiger partial charge in [-0.1, -0.05) is 36.4 Å². The predicted molar refractivity (Wildman–Crippen MR) is 97.9 cm³/mol. The van der Waals surface area contributed by atoms with Gasteiger partial charge in [-0.25, -0.2) is 0 Å². The molecule has 1 aromatic heterocycles. The Bertz CT molecular complexity index is 925. The van der Waals surface area contributed by atoms with Crippen LogP contribution in [0, 0.1) is 6.92 Å². The molecule has 0 saturated carbocycles. The Balaban J connectivity index is 1.59. The zero-order chi connectivity index (χ0) is 19.2. The highest BCUT2D eigenvalue weighted by Gasteiger charge is 2.09. The van der Waals surface area contributed by atoms with Gasteiger partial charge in [0.25, 0.3) is 0 Å². The van der Waals surface area contributed by atoms with Crippen molar-refractivity contribution < 1.29 is 18.3 Å². The molecule has 1 N–H and O–H groups in total. The minimum absolute atomic E-state index is 0.0257. The number of anilines is 1. The van der Waals surface area contributed by atoms with Gasteiger partial charge in [-0.15, -0.1) is 0 Å². The maximum atomic E-state index is 12.3. The Morgan fingerprint density at radius 2 is 2.00 bits per heavy atom. The van der Waals surface area contributed by atoms with Gasteiger partial charge in [0, 0.05) is 12.3 Å². The van der Waals surface area contributed by atoms with Crippen LogP contribution in [-0.4, -0.2) is 22.3 Å². The van der Waals surface area contributed by atoms with Crippen LogP contribution in [0.1, 0.15) is 16.7 Å². The van der Waals surface area contributed by atoms with Crippen LogP contribution in [0.4, 0.5) is 14.6 Å². The smallest absolute Gasteiger partial charge is 0.387 e. The number of nitrogens with zero attached hydrogens (tertiary/aromatic N) is 2. The summed E-state index contributed by atoms with van der Waals surface area (Å²) in [6.45, 7) is -0.255. The molecular formula is C20H19F2N3O2. The Morgan fingerprint density at radius 1 is 1.19 bits per heavy atom. The molecule has 0 saturated heterocycles. The number of nitrogens with one attached hydrogen (secondary N) is 1. The first-order chi connectivity index (χ1) is 13.0. The number of benzene rings is 2. The molecule has 0 atom stereocenters. The van der Waals surface area contributed by atoms with Gasteiger partial charge < -0.3 is 10.1 Å². The van der Waals surface area contributed by atoms with E-state index >= 15 is 0 Å². The number of ether oxygens (including phenoxy) is 1. The number of carbonyl (C=O) groups is 1. The van der Waals surface area contributed by atoms with E-state index in [-0.39, 0.29) is 18.1 Å². The Morgan fingerprint density at radius 3 is 2.78 bits per heavy atom. The van der Waals surface area contributed by atoms with Crippen LogP contribution in [0.15, 0.2) is 60.8 Å². The van der Waals surface area contributed by atoms with Crippen LogP contribution in [0.3, 0.4) is 0 Å². The SMILES string of the molecule is Cc1ccccc1Cn1ccc(NC(=O)Cc2cccc(OC(F)F)c2)n1. The Kier molecular flexibility index (Phi) is 5.80. The predicted octanol–water partition coefficient (Wildman–Crippen LogP) is 4.02. The van der Waals surface area contributed by atoms with Crippen molar-refractivity contribution in [2.24, 2.45) is 0 Å². The summed E-state index contributed by atoms with van der Waals surface area (Å²) in [6, 6.07) is 15.8. The topological polar surface area (TPSA) is 56.2 Å². The highest BCUT2D eigenvalue weighted by molar-refractivity contribution is 5.91. The van der Waals surface area contributed by atoms with Crippen molar-refractivity contribution in [1.29, 1.82) is 0 Å².